The zero-order valence-corrected chi connectivity index (χ0v) is 28.4. The van der Waals surface area contributed by atoms with Crippen molar-refractivity contribution in [1.29, 1.82) is 0 Å². The van der Waals surface area contributed by atoms with Crippen LogP contribution in [0.2, 0.25) is 0 Å². The molecule has 0 bridgehead atoms. The van der Waals surface area contributed by atoms with E-state index in [4.69, 9.17) is 21.3 Å². The van der Waals surface area contributed by atoms with Crippen LogP contribution in [0.4, 0.5) is 14.9 Å². The highest BCUT2D eigenvalue weighted by atomic mass is 35.5. The van der Waals surface area contributed by atoms with Gasteiger partial charge in [0.25, 0.3) is 5.69 Å². The van der Waals surface area contributed by atoms with Gasteiger partial charge < -0.3 is 14.8 Å². The van der Waals surface area contributed by atoms with Crippen LogP contribution >= 0.6 is 22.9 Å². The van der Waals surface area contributed by atoms with Gasteiger partial charge in [-0.15, -0.1) is 11.3 Å². The highest BCUT2D eigenvalue weighted by Crippen LogP contribution is 2.39. The number of halogens is 2. The molecular weight excluding hydrogens is 685 g/mol. The largest absolute Gasteiger partial charge is 0.453 e. The molecule has 2 fully saturated rings. The van der Waals surface area contributed by atoms with Crippen LogP contribution in [0.1, 0.15) is 30.4 Å². The summed E-state index contributed by atoms with van der Waals surface area (Å²) in [5.41, 5.74) is 2.49. The van der Waals surface area contributed by atoms with Crippen LogP contribution in [0.15, 0.2) is 79.1 Å². The van der Waals surface area contributed by atoms with Gasteiger partial charge in [0, 0.05) is 87.8 Å². The minimum atomic E-state index is -0.978. The summed E-state index contributed by atoms with van der Waals surface area (Å²) < 4.78 is 26.2. The van der Waals surface area contributed by atoms with E-state index in [1.807, 2.05) is 18.3 Å². The van der Waals surface area contributed by atoms with Crippen molar-refractivity contribution in [2.24, 2.45) is 5.92 Å². The van der Waals surface area contributed by atoms with Gasteiger partial charge in [-0.25, -0.2) is 9.18 Å². The van der Waals surface area contributed by atoms with E-state index in [0.717, 1.165) is 66.4 Å². The Balaban J connectivity index is 0.000000281. The Morgan fingerprint density at radius 1 is 1.00 bits per heavy atom. The van der Waals surface area contributed by atoms with Crippen molar-refractivity contribution in [1.82, 2.24) is 20.2 Å². The van der Waals surface area contributed by atoms with Crippen molar-refractivity contribution in [3.05, 3.63) is 106 Å². The molecule has 5 aromatic rings. The molecule has 14 heteroatoms. The molecule has 0 radical (unpaired) electrons. The number of benzene rings is 2. The fraction of sp³-hybridized carbons (Fsp3) is 0.278. The van der Waals surface area contributed by atoms with Gasteiger partial charge in [-0.1, -0.05) is 12.1 Å². The van der Waals surface area contributed by atoms with Gasteiger partial charge in [-0.2, -0.15) is 0 Å². The van der Waals surface area contributed by atoms with Gasteiger partial charge in [0.05, 0.1) is 25.7 Å². The monoisotopic (exact) mass is 717 g/mol. The van der Waals surface area contributed by atoms with Crippen LogP contribution < -0.4 is 14.8 Å². The van der Waals surface area contributed by atoms with E-state index in [1.54, 1.807) is 24.4 Å². The quantitative estimate of drug-likeness (QED) is 0.0814. The average molecular weight is 718 g/mol. The molecule has 1 aliphatic carbocycles. The second kappa shape index (κ2) is 16.3. The van der Waals surface area contributed by atoms with Crippen molar-refractivity contribution >= 4 is 50.1 Å². The zero-order chi connectivity index (χ0) is 35.0. The molecule has 0 spiro atoms. The third kappa shape index (κ3) is 9.66. The van der Waals surface area contributed by atoms with Crippen LogP contribution in [-0.2, 0) is 17.8 Å². The molecule has 0 atom stereocenters. The topological polar surface area (TPSA) is 137 Å². The maximum Gasteiger partial charge on any atom is 0.409 e. The van der Waals surface area contributed by atoms with Crippen molar-refractivity contribution in [2.45, 2.75) is 32.2 Å². The molecule has 11 nitrogen and oxygen atoms in total. The minimum Gasteiger partial charge on any atom is -0.453 e. The third-order valence-corrected chi connectivity index (χ3v) is 9.38. The first-order valence-electron chi connectivity index (χ1n) is 16.1. The maximum atomic E-state index is 14.9. The summed E-state index contributed by atoms with van der Waals surface area (Å²) in [5.74, 6) is 1.09. The number of nitrogens with one attached hydrogen (secondary N) is 1. The summed E-state index contributed by atoms with van der Waals surface area (Å²) in [7, 11) is 0. The number of thiophene rings is 1. The Kier molecular flexibility index (Phi) is 11.4. The van der Waals surface area contributed by atoms with E-state index in [0.29, 0.717) is 23.7 Å². The molecule has 2 aliphatic rings. The number of carbonyl (C=O) groups is 2. The summed E-state index contributed by atoms with van der Waals surface area (Å²) in [6.45, 7) is 5.06. The lowest BCUT2D eigenvalue weighted by atomic mass is 10.0. The molecule has 1 saturated heterocycles. The van der Waals surface area contributed by atoms with Crippen molar-refractivity contribution in [3.63, 3.8) is 0 Å². The summed E-state index contributed by atoms with van der Waals surface area (Å²) >= 11 is 6.45. The first-order valence-corrected chi connectivity index (χ1v) is 17.3. The van der Waals surface area contributed by atoms with Gasteiger partial charge in [0.2, 0.25) is 0 Å². The van der Waals surface area contributed by atoms with Crippen LogP contribution in [0, 0.1) is 21.8 Å². The van der Waals surface area contributed by atoms with E-state index in [-0.39, 0.29) is 29.4 Å². The Morgan fingerprint density at radius 2 is 1.76 bits per heavy atom. The molecule has 258 valence electrons. The lowest BCUT2D eigenvalue weighted by Gasteiger charge is -2.27. The normalized spacial score (nSPS) is 14.4. The molecule has 1 aliphatic heterocycles. The Morgan fingerprint density at radius 3 is 2.42 bits per heavy atom. The molecule has 1 N–H and O–H groups in total. The lowest BCUT2D eigenvalue weighted by molar-refractivity contribution is -0.384. The number of ether oxygens (including phenoxy) is 2. The second-order valence-corrected chi connectivity index (χ2v) is 13.4. The van der Waals surface area contributed by atoms with E-state index in [2.05, 4.69) is 26.0 Å². The number of ketones is 1. The smallest absolute Gasteiger partial charge is 0.409 e. The minimum absolute atomic E-state index is 0.0747. The SMILES string of the molecule is O=C(Cc1ccc(Oc2ccnc3cc(-c4ccc(CN5CCNCC5)cn4)sc23)c(F)c1)CC1CC1.O=C(Cl)Oc1ccc([N+](=O)[O-])cc1. The molecule has 3 aromatic heterocycles. The lowest BCUT2D eigenvalue weighted by Crippen LogP contribution is -2.42. The van der Waals surface area contributed by atoms with Gasteiger partial charge in [-0.3, -0.25) is 29.8 Å². The van der Waals surface area contributed by atoms with E-state index < -0.39 is 16.2 Å². The second-order valence-electron chi connectivity index (χ2n) is 12.0. The van der Waals surface area contributed by atoms with Gasteiger partial charge in [0.1, 0.15) is 17.3 Å². The number of non-ortho nitro benzene ring substituents is 1. The number of piperazine rings is 1. The molecule has 7 rings (SSSR count). The van der Waals surface area contributed by atoms with Crippen LogP contribution in [0.25, 0.3) is 20.8 Å². The first kappa shape index (κ1) is 35.0. The number of hydrogen-bond donors (Lipinski definition) is 1. The molecule has 4 heterocycles. The molecule has 2 aromatic carbocycles. The third-order valence-electron chi connectivity index (χ3n) is 8.15. The first-order chi connectivity index (χ1) is 24.2. The summed E-state index contributed by atoms with van der Waals surface area (Å²) in [6.07, 6.45) is 6.75. The average Bonchev–Trinajstić information content (AvgIpc) is 3.80. The number of aromatic nitrogens is 2. The number of Topliss-reactive ketones (excluding diaryl/α,β-unsaturated/α-hetero) is 1. The van der Waals surface area contributed by atoms with E-state index >= 15 is 0 Å². The summed E-state index contributed by atoms with van der Waals surface area (Å²) in [5, 5.41) is 13.6. The molecular formula is C36H33ClFN5O6S. The van der Waals surface area contributed by atoms with Gasteiger partial charge in [0.15, 0.2) is 11.6 Å². The van der Waals surface area contributed by atoms with Gasteiger partial charge >= 0.3 is 5.43 Å². The number of pyridine rings is 2. The van der Waals surface area contributed by atoms with Crippen LogP contribution in [-0.4, -0.2) is 57.2 Å². The molecule has 0 unspecified atom stereocenters. The highest BCUT2D eigenvalue weighted by molar-refractivity contribution is 7.22. The van der Waals surface area contributed by atoms with Crippen molar-refractivity contribution in [3.8, 4) is 27.8 Å². The molecule has 0 amide bonds. The number of rotatable bonds is 11. The number of nitro benzene ring substituents is 1. The standard InChI is InChI=1S/C29H29FN4O2S.C7H4ClNO4/c30-23-15-20(14-22(35)13-19-1-2-19)4-6-26(23)36-27-7-8-32-25-16-28(37-29(25)27)24-5-3-21(17-33-24)18-34-11-9-31-10-12-34;8-7(10)13-6-3-1-5(2-4-6)9(11)12/h3-8,15-17,19,31H,1-2,9-14,18H2;1-4H. The van der Waals surface area contributed by atoms with Gasteiger partial charge in [-0.05, 0) is 66.3 Å². The number of fused-ring (bicyclic) bond motifs is 1. The van der Waals surface area contributed by atoms with E-state index in [9.17, 15) is 24.1 Å². The summed E-state index contributed by atoms with van der Waals surface area (Å²) in [6, 6.07) is 17.7. The zero-order valence-electron chi connectivity index (χ0n) is 26.8. The Labute approximate surface area is 296 Å². The summed E-state index contributed by atoms with van der Waals surface area (Å²) in [4.78, 5) is 44.7. The van der Waals surface area contributed by atoms with Crippen molar-refractivity contribution < 1.29 is 28.4 Å². The number of hydrogen-bond acceptors (Lipinski definition) is 11. The maximum absolute atomic E-state index is 14.9. The number of nitrogens with zero attached hydrogens (tertiary/aromatic N) is 4. The number of nitro groups is 1. The Bertz CT molecular complexity index is 1980. The molecule has 50 heavy (non-hydrogen) atoms. The number of carbonyl (C=O) groups excluding carboxylic acids is 2. The van der Waals surface area contributed by atoms with Crippen molar-refractivity contribution in [2.75, 3.05) is 26.2 Å². The van der Waals surface area contributed by atoms with E-state index in [1.165, 1.54) is 47.2 Å². The fourth-order valence-electron chi connectivity index (χ4n) is 5.44. The fourth-order valence-corrected chi connectivity index (χ4v) is 6.57. The molecule has 1 saturated carbocycles. The van der Waals surface area contributed by atoms with Crippen LogP contribution in [0.3, 0.4) is 0 Å². The highest BCUT2D eigenvalue weighted by Gasteiger charge is 2.24. The van der Waals surface area contributed by atoms with Crippen LogP contribution in [0.5, 0.6) is 17.2 Å². The Hall–Kier alpha value is -4.82. The predicted molar refractivity (Wildman–Crippen MR) is 188 cm³/mol. The predicted octanol–water partition coefficient (Wildman–Crippen LogP) is 7.94.